The van der Waals surface area contributed by atoms with E-state index in [1.807, 2.05) is 12.1 Å². The summed E-state index contributed by atoms with van der Waals surface area (Å²) in [4.78, 5) is 2.42. The van der Waals surface area contributed by atoms with E-state index in [1.54, 1.807) is 12.1 Å². The fraction of sp³-hybridized carbons (Fsp3) is 0.600. The third-order valence-electron chi connectivity index (χ3n) is 3.69. The first kappa shape index (κ1) is 16.4. The van der Waals surface area contributed by atoms with Gasteiger partial charge < -0.3 is 5.32 Å². The quantitative estimate of drug-likeness (QED) is 0.893. The van der Waals surface area contributed by atoms with Crippen molar-refractivity contribution in [1.82, 2.24) is 10.2 Å². The number of hydrogen-bond acceptors (Lipinski definition) is 2. The normalized spacial score (nSPS) is 17.8. The smallest absolute Gasteiger partial charge is 0.127 e. The van der Waals surface area contributed by atoms with Crippen molar-refractivity contribution in [2.24, 2.45) is 0 Å². The first-order valence-corrected chi connectivity index (χ1v) is 7.02. The second kappa shape index (κ2) is 8.51. The Balaban J connectivity index is 0.00000180. The van der Waals surface area contributed by atoms with E-state index < -0.39 is 0 Å². The van der Waals surface area contributed by atoms with Crippen molar-refractivity contribution in [3.63, 3.8) is 0 Å². The highest BCUT2D eigenvalue weighted by Crippen LogP contribution is 2.28. The van der Waals surface area contributed by atoms with Gasteiger partial charge in [-0.1, -0.05) is 38.0 Å². The van der Waals surface area contributed by atoms with E-state index in [0.29, 0.717) is 0 Å². The number of hydrogen-bond donors (Lipinski definition) is 1. The van der Waals surface area contributed by atoms with Crippen molar-refractivity contribution in [1.29, 1.82) is 0 Å². The molecule has 2 rings (SSSR count). The minimum atomic E-state index is -0.0582. The van der Waals surface area contributed by atoms with Crippen LogP contribution >= 0.6 is 12.4 Å². The summed E-state index contributed by atoms with van der Waals surface area (Å²) in [5.74, 6) is -0.0582. The Labute approximate surface area is 121 Å². The molecule has 2 nitrogen and oxygen atoms in total. The summed E-state index contributed by atoms with van der Waals surface area (Å²) in [7, 11) is 0. The van der Waals surface area contributed by atoms with Gasteiger partial charge in [0, 0.05) is 37.8 Å². The van der Waals surface area contributed by atoms with Gasteiger partial charge in [-0.25, -0.2) is 4.39 Å². The maximum atomic E-state index is 14.0. The number of halogens is 2. The summed E-state index contributed by atoms with van der Waals surface area (Å²) in [5.41, 5.74) is 0.868. The molecule has 0 saturated carbocycles. The molecule has 1 aromatic rings. The molecule has 0 aliphatic carbocycles. The van der Waals surface area contributed by atoms with Gasteiger partial charge in [0.05, 0.1) is 0 Å². The van der Waals surface area contributed by atoms with Crippen LogP contribution in [-0.4, -0.2) is 31.1 Å². The first-order valence-electron chi connectivity index (χ1n) is 7.02. The van der Waals surface area contributed by atoms with E-state index in [-0.39, 0.29) is 24.3 Å². The van der Waals surface area contributed by atoms with Gasteiger partial charge in [0.25, 0.3) is 0 Å². The largest absolute Gasteiger partial charge is 0.314 e. The topological polar surface area (TPSA) is 15.3 Å². The molecule has 0 radical (unpaired) electrons. The van der Waals surface area contributed by atoms with Crippen LogP contribution in [0.3, 0.4) is 0 Å². The number of piperazine rings is 1. The Morgan fingerprint density at radius 1 is 1.26 bits per heavy atom. The Kier molecular flexibility index (Phi) is 7.36. The van der Waals surface area contributed by atoms with Crippen molar-refractivity contribution >= 4 is 12.4 Å². The molecule has 4 heteroatoms. The average Bonchev–Trinajstić information content (AvgIpc) is 2.42. The molecule has 1 aliphatic rings. The van der Waals surface area contributed by atoms with E-state index >= 15 is 0 Å². The van der Waals surface area contributed by atoms with Crippen molar-refractivity contribution in [3.05, 3.63) is 35.6 Å². The molecule has 0 aromatic heterocycles. The van der Waals surface area contributed by atoms with Crippen LogP contribution in [0.1, 0.15) is 37.8 Å². The lowest BCUT2D eigenvalue weighted by Crippen LogP contribution is -2.45. The standard InChI is InChI=1S/C15H23FN2.ClH/c1-2-3-8-15(18-11-9-17-10-12-18)13-6-4-5-7-14(13)16;/h4-7,15,17H,2-3,8-12H2,1H3;1H/t15-;/m1./s1. The van der Waals surface area contributed by atoms with Crippen LogP contribution in [0, 0.1) is 5.82 Å². The molecular formula is C15H24ClFN2. The molecule has 0 spiro atoms. The van der Waals surface area contributed by atoms with Crippen LogP contribution < -0.4 is 5.32 Å². The molecule has 1 N–H and O–H groups in total. The van der Waals surface area contributed by atoms with E-state index in [9.17, 15) is 4.39 Å². The zero-order valence-electron chi connectivity index (χ0n) is 11.6. The van der Waals surface area contributed by atoms with Gasteiger partial charge in [-0.3, -0.25) is 4.90 Å². The van der Waals surface area contributed by atoms with Crippen molar-refractivity contribution in [2.75, 3.05) is 26.2 Å². The molecule has 1 saturated heterocycles. The van der Waals surface area contributed by atoms with Crippen LogP contribution in [0.4, 0.5) is 4.39 Å². The fourth-order valence-corrected chi connectivity index (χ4v) is 2.67. The zero-order valence-corrected chi connectivity index (χ0v) is 12.4. The number of unbranched alkanes of at least 4 members (excludes halogenated alkanes) is 1. The van der Waals surface area contributed by atoms with Gasteiger partial charge >= 0.3 is 0 Å². The van der Waals surface area contributed by atoms with Crippen LogP contribution in [0.15, 0.2) is 24.3 Å². The summed E-state index contributed by atoms with van der Waals surface area (Å²) in [5, 5.41) is 3.36. The van der Waals surface area contributed by atoms with Crippen LogP contribution in [0.2, 0.25) is 0 Å². The zero-order chi connectivity index (χ0) is 12.8. The van der Waals surface area contributed by atoms with E-state index in [0.717, 1.165) is 51.0 Å². The second-order valence-electron chi connectivity index (χ2n) is 4.97. The summed E-state index contributed by atoms with van der Waals surface area (Å²) in [6.45, 7) is 6.25. The maximum Gasteiger partial charge on any atom is 0.127 e. The van der Waals surface area contributed by atoms with Gasteiger partial charge in [-0.2, -0.15) is 0 Å². The highest BCUT2D eigenvalue weighted by molar-refractivity contribution is 5.85. The first-order chi connectivity index (χ1) is 8.83. The van der Waals surface area contributed by atoms with E-state index in [4.69, 9.17) is 0 Å². The minimum Gasteiger partial charge on any atom is -0.314 e. The lowest BCUT2D eigenvalue weighted by molar-refractivity contribution is 0.160. The Morgan fingerprint density at radius 3 is 2.58 bits per heavy atom. The average molecular weight is 287 g/mol. The van der Waals surface area contributed by atoms with Crippen molar-refractivity contribution in [2.45, 2.75) is 32.2 Å². The summed E-state index contributed by atoms with van der Waals surface area (Å²) in [6.07, 6.45) is 3.37. The Hall–Kier alpha value is -0.640. The van der Waals surface area contributed by atoms with Crippen molar-refractivity contribution in [3.8, 4) is 0 Å². The maximum absolute atomic E-state index is 14.0. The number of benzene rings is 1. The summed E-state index contributed by atoms with van der Waals surface area (Å²) < 4.78 is 14.0. The molecule has 1 atom stereocenters. The highest BCUT2D eigenvalue weighted by Gasteiger charge is 2.23. The molecule has 0 bridgehead atoms. The Bertz CT molecular complexity index is 367. The molecule has 0 unspecified atom stereocenters. The lowest BCUT2D eigenvalue weighted by Gasteiger charge is -2.35. The van der Waals surface area contributed by atoms with Crippen LogP contribution in [-0.2, 0) is 0 Å². The molecule has 1 aromatic carbocycles. The van der Waals surface area contributed by atoms with E-state index in [2.05, 4.69) is 17.1 Å². The molecule has 108 valence electrons. The lowest BCUT2D eigenvalue weighted by atomic mass is 9.98. The number of nitrogens with one attached hydrogen (secondary N) is 1. The summed E-state index contributed by atoms with van der Waals surface area (Å²) in [6, 6.07) is 7.48. The predicted molar refractivity (Wildman–Crippen MR) is 80.4 cm³/mol. The minimum absolute atomic E-state index is 0. The highest BCUT2D eigenvalue weighted by atomic mass is 35.5. The third-order valence-corrected chi connectivity index (χ3v) is 3.69. The molecule has 0 amide bonds. The van der Waals surface area contributed by atoms with Gasteiger partial charge in [0.2, 0.25) is 0 Å². The molecule has 1 aliphatic heterocycles. The van der Waals surface area contributed by atoms with Gasteiger partial charge in [-0.05, 0) is 12.5 Å². The van der Waals surface area contributed by atoms with E-state index in [1.165, 1.54) is 0 Å². The van der Waals surface area contributed by atoms with Crippen LogP contribution in [0.25, 0.3) is 0 Å². The van der Waals surface area contributed by atoms with Crippen LogP contribution in [0.5, 0.6) is 0 Å². The monoisotopic (exact) mass is 286 g/mol. The summed E-state index contributed by atoms with van der Waals surface area (Å²) >= 11 is 0. The van der Waals surface area contributed by atoms with Gasteiger partial charge in [-0.15, -0.1) is 12.4 Å². The van der Waals surface area contributed by atoms with Crippen molar-refractivity contribution < 1.29 is 4.39 Å². The molecular weight excluding hydrogens is 263 g/mol. The number of rotatable bonds is 5. The fourth-order valence-electron chi connectivity index (χ4n) is 2.67. The molecule has 1 fully saturated rings. The SMILES string of the molecule is CCCC[C@H](c1ccccc1F)N1CCNCC1.Cl. The third kappa shape index (κ3) is 4.44. The number of nitrogens with zero attached hydrogens (tertiary/aromatic N) is 1. The molecule has 19 heavy (non-hydrogen) atoms. The van der Waals surface area contributed by atoms with Gasteiger partial charge in [0.15, 0.2) is 0 Å². The van der Waals surface area contributed by atoms with Gasteiger partial charge in [0.1, 0.15) is 5.82 Å². The Morgan fingerprint density at radius 2 is 1.95 bits per heavy atom. The molecule has 1 heterocycles. The predicted octanol–water partition coefficient (Wildman–Crippen LogP) is 3.38. The second-order valence-corrected chi connectivity index (χ2v) is 4.97.